The molecule has 0 spiro atoms. The van der Waals surface area contributed by atoms with Crippen LogP contribution in [0, 0.1) is 0 Å². The largest absolute Gasteiger partial charge is 0.259 e. The molecule has 0 aliphatic heterocycles. The number of rotatable bonds is 4. The lowest BCUT2D eigenvalue weighted by Crippen LogP contribution is -2.01. The van der Waals surface area contributed by atoms with Gasteiger partial charge in [-0.05, 0) is 58.6 Å². The molecule has 0 aliphatic carbocycles. The van der Waals surface area contributed by atoms with Crippen molar-refractivity contribution < 1.29 is 0 Å². The fourth-order valence-electron chi connectivity index (χ4n) is 2.98. The third-order valence-electron chi connectivity index (χ3n) is 4.38. The van der Waals surface area contributed by atoms with Crippen molar-refractivity contribution in [2.45, 2.75) is 79.1 Å². The van der Waals surface area contributed by atoms with Gasteiger partial charge in [0.2, 0.25) is 0 Å². The van der Waals surface area contributed by atoms with Crippen LogP contribution < -0.4 is 0 Å². The molecule has 2 aromatic rings. The highest BCUT2D eigenvalue weighted by Gasteiger charge is 2.11. The van der Waals surface area contributed by atoms with Crippen molar-refractivity contribution in [2.24, 2.45) is 0 Å². The van der Waals surface area contributed by atoms with E-state index in [2.05, 4.69) is 72.5 Å². The molecule has 0 saturated carbocycles. The first kappa shape index (κ1) is 23.0. The molecule has 0 atom stereocenters. The molecular weight excluding hydrogens is 361 g/mol. The lowest BCUT2D eigenvalue weighted by Gasteiger charge is -2.15. The summed E-state index contributed by atoms with van der Waals surface area (Å²) in [6.07, 6.45) is 1.72. The molecule has 1 aromatic heterocycles. The predicted octanol–water partition coefficient (Wildman–Crippen LogP) is 8.57. The van der Waals surface area contributed by atoms with Crippen LogP contribution in [0.15, 0.2) is 30.5 Å². The molecular formula is C23H33Cl2N. The minimum Gasteiger partial charge on any atom is -0.259 e. The van der Waals surface area contributed by atoms with E-state index in [1.54, 1.807) is 6.20 Å². The number of hydrogen-bond acceptors (Lipinski definition) is 1. The molecule has 26 heavy (non-hydrogen) atoms. The second kappa shape index (κ2) is 10.3. The van der Waals surface area contributed by atoms with E-state index in [1.807, 2.05) is 12.1 Å². The number of halogens is 2. The average molecular weight is 394 g/mol. The highest BCUT2D eigenvalue weighted by molar-refractivity contribution is 6.30. The summed E-state index contributed by atoms with van der Waals surface area (Å²) in [7, 11) is 0. The summed E-state index contributed by atoms with van der Waals surface area (Å²) in [5.41, 5.74) is 5.23. The summed E-state index contributed by atoms with van der Waals surface area (Å²) in [6, 6.07) is 8.22. The summed E-state index contributed by atoms with van der Waals surface area (Å²) in [4.78, 5) is 4.37. The van der Waals surface area contributed by atoms with Crippen LogP contribution in [-0.2, 0) is 0 Å². The maximum Gasteiger partial charge on any atom is 0.0592 e. The van der Waals surface area contributed by atoms with E-state index in [0.29, 0.717) is 23.7 Å². The first-order valence-corrected chi connectivity index (χ1v) is 10.2. The van der Waals surface area contributed by atoms with Crippen molar-refractivity contribution in [2.75, 3.05) is 0 Å². The van der Waals surface area contributed by atoms with Gasteiger partial charge in [-0.25, -0.2) is 0 Å². The molecule has 0 amide bonds. The summed E-state index contributed by atoms with van der Waals surface area (Å²) in [6.45, 7) is 17.5. The quantitative estimate of drug-likeness (QED) is 0.506. The Bertz CT molecular complexity index is 642. The van der Waals surface area contributed by atoms with Gasteiger partial charge in [0.25, 0.3) is 0 Å². The maximum absolute atomic E-state index is 5.97. The maximum atomic E-state index is 5.97. The Labute approximate surface area is 170 Å². The minimum absolute atomic E-state index is 0.467. The molecule has 3 heteroatoms. The Kier molecular flexibility index (Phi) is 9.13. The van der Waals surface area contributed by atoms with Gasteiger partial charge in [-0.3, -0.25) is 4.98 Å². The van der Waals surface area contributed by atoms with Gasteiger partial charge in [-0.1, -0.05) is 84.7 Å². The molecule has 0 N–H and O–H groups in total. The summed E-state index contributed by atoms with van der Waals surface area (Å²) < 4.78 is 0. The Morgan fingerprint density at radius 2 is 1.12 bits per heavy atom. The van der Waals surface area contributed by atoms with Crippen LogP contribution in [-0.4, -0.2) is 4.98 Å². The van der Waals surface area contributed by atoms with E-state index in [-0.39, 0.29) is 0 Å². The summed E-state index contributed by atoms with van der Waals surface area (Å²) >= 11 is 11.9. The molecule has 2 rings (SSSR count). The number of nitrogens with zero attached hydrogens (tertiary/aromatic N) is 1. The minimum atomic E-state index is 0.467. The van der Waals surface area contributed by atoms with Crippen molar-refractivity contribution in [3.8, 4) is 0 Å². The van der Waals surface area contributed by atoms with Gasteiger partial charge in [0.05, 0.1) is 5.02 Å². The van der Waals surface area contributed by atoms with E-state index in [4.69, 9.17) is 23.2 Å². The number of hydrogen-bond donors (Lipinski definition) is 0. The van der Waals surface area contributed by atoms with Crippen molar-refractivity contribution in [1.29, 1.82) is 0 Å². The molecule has 1 heterocycles. The fourth-order valence-corrected chi connectivity index (χ4v) is 3.33. The highest BCUT2D eigenvalue weighted by Crippen LogP contribution is 2.28. The Morgan fingerprint density at radius 3 is 1.58 bits per heavy atom. The third kappa shape index (κ3) is 6.59. The van der Waals surface area contributed by atoms with Crippen molar-refractivity contribution in [3.63, 3.8) is 0 Å². The van der Waals surface area contributed by atoms with E-state index < -0.39 is 0 Å². The monoisotopic (exact) mass is 393 g/mol. The van der Waals surface area contributed by atoms with Gasteiger partial charge < -0.3 is 0 Å². The fraction of sp³-hybridized carbons (Fsp3) is 0.522. The van der Waals surface area contributed by atoms with Crippen molar-refractivity contribution in [1.82, 2.24) is 4.98 Å². The van der Waals surface area contributed by atoms with E-state index in [9.17, 15) is 0 Å². The number of pyridine rings is 1. The van der Waals surface area contributed by atoms with Gasteiger partial charge in [-0.2, -0.15) is 0 Å². The predicted molar refractivity (Wildman–Crippen MR) is 117 cm³/mol. The van der Waals surface area contributed by atoms with Gasteiger partial charge in [0, 0.05) is 16.9 Å². The molecule has 0 fully saturated rings. The Balaban J connectivity index is 0.000000260. The number of aromatic nitrogens is 1. The van der Waals surface area contributed by atoms with Crippen molar-refractivity contribution >= 4 is 23.2 Å². The molecule has 0 unspecified atom stereocenters. The zero-order chi connectivity index (χ0) is 20.0. The van der Waals surface area contributed by atoms with Crippen LogP contribution in [0.4, 0.5) is 0 Å². The summed E-state index contributed by atoms with van der Waals surface area (Å²) in [5, 5.41) is 1.57. The van der Waals surface area contributed by atoms with Crippen molar-refractivity contribution in [3.05, 3.63) is 62.9 Å². The van der Waals surface area contributed by atoms with Gasteiger partial charge in [0.1, 0.15) is 0 Å². The molecule has 0 bridgehead atoms. The number of benzene rings is 1. The topological polar surface area (TPSA) is 12.9 Å². The van der Waals surface area contributed by atoms with Crippen LogP contribution in [0.5, 0.6) is 0 Å². The summed E-state index contributed by atoms with van der Waals surface area (Å²) in [5.74, 6) is 2.09. The lowest BCUT2D eigenvalue weighted by atomic mass is 9.91. The Hall–Kier alpha value is -1.05. The van der Waals surface area contributed by atoms with Gasteiger partial charge in [0.15, 0.2) is 0 Å². The van der Waals surface area contributed by atoms with Gasteiger partial charge >= 0.3 is 0 Å². The molecule has 1 nitrogen and oxygen atoms in total. The second-order valence-electron chi connectivity index (χ2n) is 8.02. The second-order valence-corrected chi connectivity index (χ2v) is 8.89. The standard InChI is InChI=1S/C12H17Cl.C11H16ClN/c1-8(2)11-6-5-10(13)7-12(11)9(3)4;1-7(2)10-5-9(12)6-13-11(10)8(3)4/h5-9H,1-4H3;5-8H,1-4H3. The SMILES string of the molecule is CC(C)c1cc(Cl)cnc1C(C)C.CC(C)c1ccc(Cl)cc1C(C)C. The Morgan fingerprint density at radius 1 is 0.615 bits per heavy atom. The average Bonchev–Trinajstić information content (AvgIpc) is 2.54. The first-order chi connectivity index (χ1) is 12.0. The molecule has 0 radical (unpaired) electrons. The van der Waals surface area contributed by atoms with E-state index in [1.165, 1.54) is 22.4 Å². The smallest absolute Gasteiger partial charge is 0.0592 e. The zero-order valence-electron chi connectivity index (χ0n) is 17.4. The van der Waals surface area contributed by atoms with E-state index in [0.717, 1.165) is 10.0 Å². The normalized spacial score (nSPS) is 11.3. The third-order valence-corrected chi connectivity index (χ3v) is 4.82. The lowest BCUT2D eigenvalue weighted by molar-refractivity contribution is 0.757. The molecule has 144 valence electrons. The zero-order valence-corrected chi connectivity index (χ0v) is 18.9. The molecule has 0 aliphatic rings. The first-order valence-electron chi connectivity index (χ1n) is 9.49. The highest BCUT2D eigenvalue weighted by atomic mass is 35.5. The van der Waals surface area contributed by atoms with Crippen LogP contribution in [0.25, 0.3) is 0 Å². The molecule has 1 aromatic carbocycles. The van der Waals surface area contributed by atoms with Crippen LogP contribution in [0.2, 0.25) is 10.0 Å². The van der Waals surface area contributed by atoms with Crippen LogP contribution >= 0.6 is 23.2 Å². The van der Waals surface area contributed by atoms with E-state index >= 15 is 0 Å². The van der Waals surface area contributed by atoms with Crippen LogP contribution in [0.3, 0.4) is 0 Å². The van der Waals surface area contributed by atoms with Gasteiger partial charge in [-0.15, -0.1) is 0 Å². The molecule has 0 saturated heterocycles. The van der Waals surface area contributed by atoms with Crippen LogP contribution in [0.1, 0.15) is 101 Å².